The third kappa shape index (κ3) is 1.59. The summed E-state index contributed by atoms with van der Waals surface area (Å²) < 4.78 is 0. The topological polar surface area (TPSA) is 75.4 Å². The highest BCUT2D eigenvalue weighted by atomic mass is 16.2. The first-order chi connectivity index (χ1) is 8.10. The van der Waals surface area contributed by atoms with Crippen LogP contribution in [0.4, 0.5) is 11.4 Å². The summed E-state index contributed by atoms with van der Waals surface area (Å²) in [6.07, 6.45) is 1.40. The smallest absolute Gasteiger partial charge is 0.247 e. The molecule has 1 saturated carbocycles. The standard InChI is InChI=1S/C12H13N3O2/c13-12(5-6-12)11(17)15-7-10(16)14-8-3-1-2-4-9(8)15/h1-4H,5-7,13H2,(H,14,16). The quantitative estimate of drug-likeness (QED) is 0.737. The van der Waals surface area contributed by atoms with E-state index in [4.69, 9.17) is 5.73 Å². The van der Waals surface area contributed by atoms with E-state index < -0.39 is 5.54 Å². The van der Waals surface area contributed by atoms with Crippen molar-refractivity contribution in [2.24, 2.45) is 5.73 Å². The van der Waals surface area contributed by atoms with Crippen molar-refractivity contribution in [1.29, 1.82) is 0 Å². The maximum absolute atomic E-state index is 12.2. The Morgan fingerprint density at radius 2 is 2.06 bits per heavy atom. The van der Waals surface area contributed by atoms with Gasteiger partial charge in [0.15, 0.2) is 0 Å². The summed E-state index contributed by atoms with van der Waals surface area (Å²) in [5.41, 5.74) is 6.55. The van der Waals surface area contributed by atoms with Crippen LogP contribution in [0.25, 0.3) is 0 Å². The first-order valence-electron chi connectivity index (χ1n) is 5.60. The van der Waals surface area contributed by atoms with Crippen LogP contribution < -0.4 is 16.0 Å². The fourth-order valence-corrected chi connectivity index (χ4v) is 2.03. The summed E-state index contributed by atoms with van der Waals surface area (Å²) in [5.74, 6) is -0.332. The van der Waals surface area contributed by atoms with Gasteiger partial charge in [-0.05, 0) is 25.0 Å². The number of rotatable bonds is 1. The zero-order valence-corrected chi connectivity index (χ0v) is 9.27. The number of nitrogens with one attached hydrogen (secondary N) is 1. The van der Waals surface area contributed by atoms with Crippen molar-refractivity contribution in [1.82, 2.24) is 0 Å². The fourth-order valence-electron chi connectivity index (χ4n) is 2.03. The number of amides is 2. The number of hydrogen-bond acceptors (Lipinski definition) is 3. The first kappa shape index (κ1) is 10.3. The molecule has 88 valence electrons. The predicted octanol–water partition coefficient (Wildman–Crippen LogP) is 0.463. The van der Waals surface area contributed by atoms with E-state index in [9.17, 15) is 9.59 Å². The highest BCUT2D eigenvalue weighted by Crippen LogP contribution is 2.38. The molecular weight excluding hydrogens is 218 g/mol. The predicted molar refractivity (Wildman–Crippen MR) is 63.6 cm³/mol. The van der Waals surface area contributed by atoms with Crippen molar-refractivity contribution in [3.05, 3.63) is 24.3 Å². The molecule has 5 heteroatoms. The molecule has 5 nitrogen and oxygen atoms in total. The molecule has 1 aliphatic heterocycles. The Hall–Kier alpha value is -1.88. The molecule has 0 radical (unpaired) electrons. The molecule has 1 aromatic carbocycles. The van der Waals surface area contributed by atoms with E-state index in [1.165, 1.54) is 4.90 Å². The Bertz CT molecular complexity index is 508. The van der Waals surface area contributed by atoms with E-state index in [0.29, 0.717) is 18.5 Å². The van der Waals surface area contributed by atoms with Crippen molar-refractivity contribution in [2.75, 3.05) is 16.8 Å². The van der Waals surface area contributed by atoms with Crippen LogP contribution >= 0.6 is 0 Å². The number of carbonyl (C=O) groups excluding carboxylic acids is 2. The highest BCUT2D eigenvalue weighted by molar-refractivity contribution is 6.13. The number of para-hydroxylation sites is 2. The van der Waals surface area contributed by atoms with Crippen molar-refractivity contribution >= 4 is 23.2 Å². The molecule has 0 atom stereocenters. The van der Waals surface area contributed by atoms with E-state index in [1.807, 2.05) is 18.2 Å². The normalized spacial score (nSPS) is 20.5. The zero-order chi connectivity index (χ0) is 12.0. The van der Waals surface area contributed by atoms with Crippen LogP contribution in [0.3, 0.4) is 0 Å². The Kier molecular flexibility index (Phi) is 2.00. The van der Waals surface area contributed by atoms with Crippen LogP contribution in [-0.2, 0) is 9.59 Å². The maximum Gasteiger partial charge on any atom is 0.247 e. The minimum Gasteiger partial charge on any atom is -0.323 e. The van der Waals surface area contributed by atoms with Gasteiger partial charge >= 0.3 is 0 Å². The molecule has 1 fully saturated rings. The van der Waals surface area contributed by atoms with Crippen LogP contribution in [0.5, 0.6) is 0 Å². The molecular formula is C12H13N3O2. The molecule has 0 spiro atoms. The Balaban J connectivity index is 2.00. The van der Waals surface area contributed by atoms with E-state index in [0.717, 1.165) is 5.69 Å². The van der Waals surface area contributed by atoms with Crippen LogP contribution in [0.1, 0.15) is 12.8 Å². The van der Waals surface area contributed by atoms with E-state index in [2.05, 4.69) is 5.32 Å². The van der Waals surface area contributed by atoms with Gasteiger partial charge in [-0.1, -0.05) is 12.1 Å². The average molecular weight is 231 g/mol. The molecule has 2 aliphatic rings. The summed E-state index contributed by atoms with van der Waals surface area (Å²) in [6, 6.07) is 7.26. The third-order valence-corrected chi connectivity index (χ3v) is 3.23. The van der Waals surface area contributed by atoms with Crippen LogP contribution in [0, 0.1) is 0 Å². The van der Waals surface area contributed by atoms with E-state index in [1.54, 1.807) is 6.07 Å². The van der Waals surface area contributed by atoms with Gasteiger partial charge in [-0.25, -0.2) is 0 Å². The van der Waals surface area contributed by atoms with E-state index in [-0.39, 0.29) is 18.4 Å². The molecule has 3 rings (SSSR count). The van der Waals surface area contributed by atoms with Crippen LogP contribution in [0.2, 0.25) is 0 Å². The lowest BCUT2D eigenvalue weighted by atomic mass is 10.1. The zero-order valence-electron chi connectivity index (χ0n) is 9.27. The summed E-state index contributed by atoms with van der Waals surface area (Å²) in [6.45, 7) is 0.0504. The molecule has 0 aromatic heterocycles. The Labute approximate surface area is 98.6 Å². The summed E-state index contributed by atoms with van der Waals surface area (Å²) in [5, 5.41) is 2.74. The van der Waals surface area contributed by atoms with Crippen LogP contribution in [-0.4, -0.2) is 23.9 Å². The van der Waals surface area contributed by atoms with Crippen LogP contribution in [0.15, 0.2) is 24.3 Å². The van der Waals surface area contributed by atoms with Crippen molar-refractivity contribution < 1.29 is 9.59 Å². The van der Waals surface area contributed by atoms with Gasteiger partial charge in [0.25, 0.3) is 0 Å². The van der Waals surface area contributed by atoms with Gasteiger partial charge in [-0.2, -0.15) is 0 Å². The molecule has 1 aromatic rings. The minimum absolute atomic E-state index is 0.0504. The lowest BCUT2D eigenvalue weighted by molar-refractivity contribution is -0.123. The Morgan fingerprint density at radius 3 is 2.76 bits per heavy atom. The number of hydrogen-bond donors (Lipinski definition) is 2. The third-order valence-electron chi connectivity index (χ3n) is 3.23. The first-order valence-corrected chi connectivity index (χ1v) is 5.60. The molecule has 17 heavy (non-hydrogen) atoms. The van der Waals surface area contributed by atoms with Gasteiger partial charge in [0.05, 0.1) is 16.9 Å². The molecule has 1 aliphatic carbocycles. The second-order valence-electron chi connectivity index (χ2n) is 4.61. The minimum atomic E-state index is -0.745. The van der Waals surface area contributed by atoms with Crippen molar-refractivity contribution in [2.45, 2.75) is 18.4 Å². The highest BCUT2D eigenvalue weighted by Gasteiger charge is 2.49. The SMILES string of the molecule is NC1(C(=O)N2CC(=O)Nc3ccccc32)CC1. The number of benzene rings is 1. The summed E-state index contributed by atoms with van der Waals surface area (Å²) >= 11 is 0. The van der Waals surface area contributed by atoms with Gasteiger partial charge in [0.1, 0.15) is 6.54 Å². The second-order valence-corrected chi connectivity index (χ2v) is 4.61. The van der Waals surface area contributed by atoms with Gasteiger partial charge in [-0.15, -0.1) is 0 Å². The van der Waals surface area contributed by atoms with Gasteiger partial charge < -0.3 is 11.1 Å². The molecule has 0 unspecified atom stereocenters. The van der Waals surface area contributed by atoms with Gasteiger partial charge in [0, 0.05) is 0 Å². The lowest BCUT2D eigenvalue weighted by Crippen LogP contribution is -2.50. The van der Waals surface area contributed by atoms with Crippen molar-refractivity contribution in [3.8, 4) is 0 Å². The summed E-state index contributed by atoms with van der Waals surface area (Å²) in [4.78, 5) is 25.2. The largest absolute Gasteiger partial charge is 0.323 e. The fraction of sp³-hybridized carbons (Fsp3) is 0.333. The van der Waals surface area contributed by atoms with Gasteiger partial charge in [-0.3, -0.25) is 14.5 Å². The molecule has 0 saturated heterocycles. The lowest BCUT2D eigenvalue weighted by Gasteiger charge is -2.30. The van der Waals surface area contributed by atoms with Crippen molar-refractivity contribution in [3.63, 3.8) is 0 Å². The number of fused-ring (bicyclic) bond motifs is 1. The maximum atomic E-state index is 12.2. The summed E-state index contributed by atoms with van der Waals surface area (Å²) in [7, 11) is 0. The molecule has 1 heterocycles. The average Bonchev–Trinajstić information content (AvgIpc) is 3.06. The van der Waals surface area contributed by atoms with E-state index >= 15 is 0 Å². The second kappa shape index (κ2) is 3.30. The molecule has 0 bridgehead atoms. The Morgan fingerprint density at radius 1 is 1.35 bits per heavy atom. The number of nitrogens with zero attached hydrogens (tertiary/aromatic N) is 1. The molecule has 3 N–H and O–H groups in total. The number of carbonyl (C=O) groups is 2. The monoisotopic (exact) mass is 231 g/mol. The number of nitrogens with two attached hydrogens (primary N) is 1. The van der Waals surface area contributed by atoms with Gasteiger partial charge in [0.2, 0.25) is 11.8 Å². The number of anilines is 2. The molecule has 2 amide bonds.